The van der Waals surface area contributed by atoms with Gasteiger partial charge in [-0.15, -0.1) is 0 Å². The standard InChI is InChI=1S/C17H27NO4S/c19-15(12-13-3-4-13)7-5-14-6-8-16(20)18(14)9-11-23-10-1-2-17(21)22/h5,7,13-15,19H,1-4,6,8-12H2,(H,21,22)/b7-5+/t14-,15+/m0/s1. The van der Waals surface area contributed by atoms with Gasteiger partial charge in [0.1, 0.15) is 0 Å². The number of thioether (sulfide) groups is 1. The predicted molar refractivity (Wildman–Crippen MR) is 91.4 cm³/mol. The van der Waals surface area contributed by atoms with E-state index in [-0.39, 0.29) is 24.5 Å². The monoisotopic (exact) mass is 341 g/mol. The molecular weight excluding hydrogens is 314 g/mol. The van der Waals surface area contributed by atoms with Crippen LogP contribution in [0.2, 0.25) is 0 Å². The van der Waals surface area contributed by atoms with Gasteiger partial charge in [0, 0.05) is 25.1 Å². The fourth-order valence-electron chi connectivity index (χ4n) is 2.87. The van der Waals surface area contributed by atoms with Gasteiger partial charge in [-0.25, -0.2) is 0 Å². The fraction of sp³-hybridized carbons (Fsp3) is 0.765. The first-order valence-electron chi connectivity index (χ1n) is 8.51. The highest BCUT2D eigenvalue weighted by atomic mass is 32.2. The van der Waals surface area contributed by atoms with Crippen molar-refractivity contribution in [3.63, 3.8) is 0 Å². The molecule has 2 fully saturated rings. The average molecular weight is 341 g/mol. The van der Waals surface area contributed by atoms with Crippen molar-refractivity contribution < 1.29 is 19.8 Å². The first kappa shape index (κ1) is 18.3. The number of likely N-dealkylation sites (tertiary alicyclic amines) is 1. The van der Waals surface area contributed by atoms with E-state index in [0.717, 1.165) is 24.3 Å². The van der Waals surface area contributed by atoms with Gasteiger partial charge in [0.2, 0.25) is 5.91 Å². The van der Waals surface area contributed by atoms with E-state index in [1.807, 2.05) is 17.1 Å². The van der Waals surface area contributed by atoms with Gasteiger partial charge in [0.05, 0.1) is 12.1 Å². The van der Waals surface area contributed by atoms with Gasteiger partial charge in [-0.1, -0.05) is 25.0 Å². The second-order valence-electron chi connectivity index (χ2n) is 6.43. The number of aliphatic hydroxyl groups is 1. The van der Waals surface area contributed by atoms with Gasteiger partial charge in [0.25, 0.3) is 0 Å². The number of carboxylic acids is 1. The molecule has 1 aliphatic carbocycles. The molecule has 6 heteroatoms. The summed E-state index contributed by atoms with van der Waals surface area (Å²) in [5.41, 5.74) is 0. The molecule has 1 saturated heterocycles. The van der Waals surface area contributed by atoms with Crippen molar-refractivity contribution in [1.82, 2.24) is 4.90 Å². The van der Waals surface area contributed by atoms with Crippen molar-refractivity contribution in [3.8, 4) is 0 Å². The maximum atomic E-state index is 12.0. The lowest BCUT2D eigenvalue weighted by molar-refractivity contribution is -0.137. The van der Waals surface area contributed by atoms with E-state index in [1.165, 1.54) is 12.8 Å². The lowest BCUT2D eigenvalue weighted by Crippen LogP contribution is -2.34. The van der Waals surface area contributed by atoms with Gasteiger partial charge in [0.15, 0.2) is 0 Å². The normalized spacial score (nSPS) is 22.9. The van der Waals surface area contributed by atoms with E-state index in [9.17, 15) is 14.7 Å². The van der Waals surface area contributed by atoms with E-state index in [2.05, 4.69) is 0 Å². The Kier molecular flexibility index (Phi) is 7.43. The van der Waals surface area contributed by atoms with Crippen LogP contribution in [0, 0.1) is 5.92 Å². The SMILES string of the molecule is O=C(O)CCCSCCN1C(=O)CC[C@@H]1/C=C/[C@@H](O)CC1CC1. The highest BCUT2D eigenvalue weighted by Crippen LogP contribution is 2.33. The Balaban J connectivity index is 1.66. The Labute approximate surface area is 142 Å². The topological polar surface area (TPSA) is 77.8 Å². The van der Waals surface area contributed by atoms with Gasteiger partial charge in [-0.05, 0) is 30.9 Å². The highest BCUT2D eigenvalue weighted by molar-refractivity contribution is 7.99. The summed E-state index contributed by atoms with van der Waals surface area (Å²) in [5.74, 6) is 1.77. The van der Waals surface area contributed by atoms with Crippen LogP contribution in [0.25, 0.3) is 0 Å². The molecule has 0 aromatic heterocycles. The Morgan fingerprint density at radius 2 is 2.13 bits per heavy atom. The molecule has 2 atom stereocenters. The Morgan fingerprint density at radius 3 is 2.83 bits per heavy atom. The summed E-state index contributed by atoms with van der Waals surface area (Å²) in [4.78, 5) is 24.3. The summed E-state index contributed by atoms with van der Waals surface area (Å²) in [6.45, 7) is 0.699. The first-order valence-corrected chi connectivity index (χ1v) is 9.67. The van der Waals surface area contributed by atoms with E-state index >= 15 is 0 Å². The number of aliphatic carboxylic acids is 1. The molecule has 0 aromatic rings. The molecule has 5 nitrogen and oxygen atoms in total. The highest BCUT2D eigenvalue weighted by Gasteiger charge is 2.29. The van der Waals surface area contributed by atoms with Crippen molar-refractivity contribution in [2.45, 2.75) is 57.1 Å². The number of amides is 1. The van der Waals surface area contributed by atoms with Crippen molar-refractivity contribution in [3.05, 3.63) is 12.2 Å². The number of aliphatic hydroxyl groups excluding tert-OH is 1. The van der Waals surface area contributed by atoms with Crippen LogP contribution in [0.4, 0.5) is 0 Å². The maximum absolute atomic E-state index is 12.0. The molecule has 1 amide bonds. The zero-order valence-electron chi connectivity index (χ0n) is 13.5. The summed E-state index contributed by atoms with van der Waals surface area (Å²) in [6, 6.07) is 0.107. The number of hydrogen-bond acceptors (Lipinski definition) is 4. The number of carbonyl (C=O) groups is 2. The molecule has 1 heterocycles. The van der Waals surface area contributed by atoms with Crippen LogP contribution in [-0.4, -0.2) is 57.2 Å². The number of carbonyl (C=O) groups excluding carboxylic acids is 1. The third kappa shape index (κ3) is 6.96. The predicted octanol–water partition coefficient (Wildman–Crippen LogP) is 2.29. The summed E-state index contributed by atoms with van der Waals surface area (Å²) in [5, 5.41) is 18.5. The molecule has 0 spiro atoms. The van der Waals surface area contributed by atoms with E-state index in [4.69, 9.17) is 5.11 Å². The van der Waals surface area contributed by atoms with Gasteiger partial charge < -0.3 is 15.1 Å². The molecule has 2 aliphatic rings. The first-order chi connectivity index (χ1) is 11.1. The number of carboxylic acid groups (broad SMARTS) is 1. The third-order valence-corrected chi connectivity index (χ3v) is 5.41. The van der Waals surface area contributed by atoms with Crippen molar-refractivity contribution >= 4 is 23.6 Å². The van der Waals surface area contributed by atoms with Crippen LogP contribution in [0.5, 0.6) is 0 Å². The van der Waals surface area contributed by atoms with Gasteiger partial charge in [-0.3, -0.25) is 9.59 Å². The second kappa shape index (κ2) is 9.33. The minimum absolute atomic E-state index is 0.107. The lowest BCUT2D eigenvalue weighted by Gasteiger charge is -2.22. The molecule has 130 valence electrons. The van der Waals surface area contributed by atoms with Gasteiger partial charge in [-0.2, -0.15) is 11.8 Å². The van der Waals surface area contributed by atoms with Crippen LogP contribution in [0.1, 0.15) is 44.9 Å². The van der Waals surface area contributed by atoms with E-state index in [1.54, 1.807) is 11.8 Å². The molecule has 2 N–H and O–H groups in total. The van der Waals surface area contributed by atoms with E-state index < -0.39 is 5.97 Å². The summed E-state index contributed by atoms with van der Waals surface area (Å²) < 4.78 is 0. The Hall–Kier alpha value is -1.01. The van der Waals surface area contributed by atoms with Crippen LogP contribution >= 0.6 is 11.8 Å². The molecule has 0 unspecified atom stereocenters. The van der Waals surface area contributed by atoms with Crippen LogP contribution in [0.3, 0.4) is 0 Å². The molecule has 0 bridgehead atoms. The largest absolute Gasteiger partial charge is 0.481 e. The zero-order chi connectivity index (χ0) is 16.7. The molecule has 1 aliphatic heterocycles. The number of hydrogen-bond donors (Lipinski definition) is 2. The molecule has 0 radical (unpaired) electrons. The lowest BCUT2D eigenvalue weighted by atomic mass is 10.1. The Morgan fingerprint density at radius 1 is 1.35 bits per heavy atom. The minimum atomic E-state index is -0.754. The molecule has 1 saturated carbocycles. The van der Waals surface area contributed by atoms with Crippen molar-refractivity contribution in [2.75, 3.05) is 18.1 Å². The number of rotatable bonds is 11. The summed E-state index contributed by atoms with van der Waals surface area (Å²) in [7, 11) is 0. The van der Waals surface area contributed by atoms with Crippen LogP contribution < -0.4 is 0 Å². The van der Waals surface area contributed by atoms with Crippen LogP contribution in [0.15, 0.2) is 12.2 Å². The molecule has 2 rings (SSSR count). The molecular formula is C17H27NO4S. The smallest absolute Gasteiger partial charge is 0.303 e. The minimum Gasteiger partial charge on any atom is -0.481 e. The summed E-state index contributed by atoms with van der Waals surface area (Å²) >= 11 is 1.70. The van der Waals surface area contributed by atoms with Gasteiger partial charge >= 0.3 is 5.97 Å². The quantitative estimate of drug-likeness (QED) is 0.445. The second-order valence-corrected chi connectivity index (χ2v) is 7.66. The van der Waals surface area contributed by atoms with E-state index in [0.29, 0.717) is 25.3 Å². The fourth-order valence-corrected chi connectivity index (χ4v) is 3.75. The summed E-state index contributed by atoms with van der Waals surface area (Å²) in [6.07, 6.45) is 9.07. The molecule has 0 aromatic carbocycles. The average Bonchev–Trinajstić information content (AvgIpc) is 3.24. The van der Waals surface area contributed by atoms with Crippen molar-refractivity contribution in [2.24, 2.45) is 5.92 Å². The number of nitrogens with zero attached hydrogens (tertiary/aromatic N) is 1. The third-order valence-electron chi connectivity index (χ3n) is 4.36. The maximum Gasteiger partial charge on any atom is 0.303 e. The zero-order valence-corrected chi connectivity index (χ0v) is 14.3. The van der Waals surface area contributed by atoms with Crippen LogP contribution in [-0.2, 0) is 9.59 Å². The Bertz CT molecular complexity index is 436. The molecule has 23 heavy (non-hydrogen) atoms. The van der Waals surface area contributed by atoms with Crippen molar-refractivity contribution in [1.29, 1.82) is 0 Å².